The van der Waals surface area contributed by atoms with Crippen LogP contribution in [0.15, 0.2) is 48.5 Å². The van der Waals surface area contributed by atoms with E-state index in [2.05, 4.69) is 16.7 Å². The first-order valence-electron chi connectivity index (χ1n) is 7.03. The first-order valence-corrected chi connectivity index (χ1v) is 7.03. The van der Waals surface area contributed by atoms with Crippen LogP contribution in [0, 0.1) is 0 Å². The number of fused-ring (bicyclic) bond motifs is 1. The zero-order chi connectivity index (χ0) is 14.8. The second-order valence-corrected chi connectivity index (χ2v) is 5.16. The second-order valence-electron chi connectivity index (χ2n) is 5.16. The van der Waals surface area contributed by atoms with Crippen molar-refractivity contribution in [3.05, 3.63) is 59.9 Å². The normalized spacial score (nSPS) is 12.5. The van der Waals surface area contributed by atoms with Gasteiger partial charge in [0.1, 0.15) is 11.6 Å². The molecule has 0 saturated heterocycles. The molecular weight excluding hydrogens is 262 g/mol. The van der Waals surface area contributed by atoms with Gasteiger partial charge in [0, 0.05) is 12.5 Å². The van der Waals surface area contributed by atoms with Gasteiger partial charge in [-0.3, -0.25) is 0 Å². The summed E-state index contributed by atoms with van der Waals surface area (Å²) in [6, 6.07) is 16.2. The van der Waals surface area contributed by atoms with Gasteiger partial charge in [0.05, 0.1) is 24.3 Å². The average Bonchev–Trinajstić information content (AvgIpc) is 2.85. The molecule has 0 fully saturated rings. The molecule has 1 unspecified atom stereocenters. The molecule has 1 heterocycles. The lowest BCUT2D eigenvalue weighted by atomic mass is 10.1. The van der Waals surface area contributed by atoms with Crippen molar-refractivity contribution < 1.29 is 4.74 Å². The summed E-state index contributed by atoms with van der Waals surface area (Å²) in [5.41, 5.74) is 9.33. The first kappa shape index (κ1) is 13.6. The van der Waals surface area contributed by atoms with E-state index in [9.17, 15) is 0 Å². The summed E-state index contributed by atoms with van der Waals surface area (Å²) in [7, 11) is 1.67. The van der Waals surface area contributed by atoms with Gasteiger partial charge in [0.2, 0.25) is 0 Å². The smallest absolute Gasteiger partial charge is 0.121 e. The summed E-state index contributed by atoms with van der Waals surface area (Å²) < 4.78 is 7.38. The largest absolute Gasteiger partial charge is 0.497 e. The number of ether oxygens (including phenoxy) is 1. The van der Waals surface area contributed by atoms with Gasteiger partial charge in [-0.15, -0.1) is 0 Å². The Morgan fingerprint density at radius 2 is 1.95 bits per heavy atom. The van der Waals surface area contributed by atoms with E-state index in [-0.39, 0.29) is 6.17 Å². The number of imidazole rings is 1. The molecule has 4 heteroatoms. The lowest BCUT2D eigenvalue weighted by Gasteiger charge is -2.13. The van der Waals surface area contributed by atoms with Gasteiger partial charge in [-0.2, -0.15) is 0 Å². The van der Waals surface area contributed by atoms with Crippen molar-refractivity contribution in [3.63, 3.8) is 0 Å². The standard InChI is InChI=1S/C17H19N3O/c1-12(18)20-16-11-14(21-2)8-9-15(16)19-17(20)10-13-6-4-3-5-7-13/h3-9,11-12H,10,18H2,1-2H3. The van der Waals surface area contributed by atoms with E-state index in [0.29, 0.717) is 0 Å². The zero-order valence-corrected chi connectivity index (χ0v) is 12.3. The Labute approximate surface area is 124 Å². The highest BCUT2D eigenvalue weighted by molar-refractivity contribution is 5.78. The molecule has 0 aliphatic rings. The van der Waals surface area contributed by atoms with Gasteiger partial charge < -0.3 is 15.0 Å². The molecule has 0 aliphatic heterocycles. The van der Waals surface area contributed by atoms with Crippen molar-refractivity contribution in [2.45, 2.75) is 19.5 Å². The third kappa shape index (κ3) is 2.62. The van der Waals surface area contributed by atoms with Crippen LogP contribution in [0.4, 0.5) is 0 Å². The number of rotatable bonds is 4. The lowest BCUT2D eigenvalue weighted by Crippen LogP contribution is -2.17. The van der Waals surface area contributed by atoms with Crippen molar-refractivity contribution >= 4 is 11.0 Å². The number of nitrogens with zero attached hydrogens (tertiary/aromatic N) is 2. The number of benzene rings is 2. The maximum Gasteiger partial charge on any atom is 0.121 e. The highest BCUT2D eigenvalue weighted by Crippen LogP contribution is 2.25. The summed E-state index contributed by atoms with van der Waals surface area (Å²) in [4.78, 5) is 4.73. The molecule has 3 rings (SSSR count). The molecule has 1 aromatic heterocycles. The lowest BCUT2D eigenvalue weighted by molar-refractivity contribution is 0.415. The molecule has 2 aromatic carbocycles. The highest BCUT2D eigenvalue weighted by Gasteiger charge is 2.14. The molecular formula is C17H19N3O. The Balaban J connectivity index is 2.11. The summed E-state index contributed by atoms with van der Waals surface area (Å²) >= 11 is 0. The third-order valence-electron chi connectivity index (χ3n) is 3.58. The number of aromatic nitrogens is 2. The van der Waals surface area contributed by atoms with Gasteiger partial charge in [0.15, 0.2) is 0 Å². The monoisotopic (exact) mass is 281 g/mol. The van der Waals surface area contributed by atoms with Crippen LogP contribution in [-0.2, 0) is 6.42 Å². The molecule has 4 nitrogen and oxygen atoms in total. The molecule has 2 N–H and O–H groups in total. The van der Waals surface area contributed by atoms with Crippen molar-refractivity contribution in [2.24, 2.45) is 5.73 Å². The van der Waals surface area contributed by atoms with Gasteiger partial charge in [0.25, 0.3) is 0 Å². The van der Waals surface area contributed by atoms with E-state index >= 15 is 0 Å². The van der Waals surface area contributed by atoms with Crippen LogP contribution in [-0.4, -0.2) is 16.7 Å². The fraction of sp³-hybridized carbons (Fsp3) is 0.235. The van der Waals surface area contributed by atoms with Crippen LogP contribution in [0.2, 0.25) is 0 Å². The zero-order valence-electron chi connectivity index (χ0n) is 12.3. The van der Waals surface area contributed by atoms with E-state index in [1.807, 2.05) is 43.3 Å². The van der Waals surface area contributed by atoms with Crippen molar-refractivity contribution in [1.82, 2.24) is 9.55 Å². The van der Waals surface area contributed by atoms with Gasteiger partial charge in [-0.25, -0.2) is 4.98 Å². The molecule has 1 atom stereocenters. The Kier molecular flexibility index (Phi) is 3.62. The predicted molar refractivity (Wildman–Crippen MR) is 84.4 cm³/mol. The van der Waals surface area contributed by atoms with Crippen LogP contribution in [0.1, 0.15) is 24.5 Å². The summed E-state index contributed by atoms with van der Waals surface area (Å²) in [5.74, 6) is 1.79. The van der Waals surface area contributed by atoms with E-state index < -0.39 is 0 Å². The fourth-order valence-electron chi connectivity index (χ4n) is 2.61. The van der Waals surface area contributed by atoms with Crippen molar-refractivity contribution in [1.29, 1.82) is 0 Å². The van der Waals surface area contributed by atoms with Gasteiger partial charge in [-0.05, 0) is 24.6 Å². The van der Waals surface area contributed by atoms with Crippen LogP contribution >= 0.6 is 0 Å². The van der Waals surface area contributed by atoms with Crippen LogP contribution in [0.3, 0.4) is 0 Å². The molecule has 3 aromatic rings. The summed E-state index contributed by atoms with van der Waals surface area (Å²) in [5, 5.41) is 0. The number of hydrogen-bond acceptors (Lipinski definition) is 3. The minimum atomic E-state index is -0.138. The van der Waals surface area contributed by atoms with E-state index in [0.717, 1.165) is 29.0 Å². The van der Waals surface area contributed by atoms with E-state index in [4.69, 9.17) is 15.5 Å². The minimum absolute atomic E-state index is 0.138. The minimum Gasteiger partial charge on any atom is -0.497 e. The fourth-order valence-corrected chi connectivity index (χ4v) is 2.61. The van der Waals surface area contributed by atoms with Crippen molar-refractivity contribution in [3.8, 4) is 5.75 Å². The molecule has 0 amide bonds. The summed E-state index contributed by atoms with van der Waals surface area (Å²) in [6.07, 6.45) is 0.625. The molecule has 21 heavy (non-hydrogen) atoms. The molecule has 0 spiro atoms. The SMILES string of the molecule is COc1ccc2nc(Cc3ccccc3)n(C(C)N)c2c1. The highest BCUT2D eigenvalue weighted by atomic mass is 16.5. The Morgan fingerprint density at radius 1 is 1.19 bits per heavy atom. The van der Waals surface area contributed by atoms with Gasteiger partial charge >= 0.3 is 0 Å². The topological polar surface area (TPSA) is 53.1 Å². The molecule has 0 aliphatic carbocycles. The number of methoxy groups -OCH3 is 1. The molecule has 0 saturated carbocycles. The maximum absolute atomic E-state index is 6.15. The van der Waals surface area contributed by atoms with Gasteiger partial charge in [-0.1, -0.05) is 30.3 Å². The van der Waals surface area contributed by atoms with E-state index in [1.165, 1.54) is 5.56 Å². The summed E-state index contributed by atoms with van der Waals surface area (Å²) in [6.45, 7) is 1.97. The Hall–Kier alpha value is -2.33. The number of nitrogens with two attached hydrogens (primary N) is 1. The van der Waals surface area contributed by atoms with Crippen molar-refractivity contribution in [2.75, 3.05) is 7.11 Å². The van der Waals surface area contributed by atoms with Crippen LogP contribution in [0.25, 0.3) is 11.0 Å². The first-order chi connectivity index (χ1) is 10.2. The maximum atomic E-state index is 6.15. The van der Waals surface area contributed by atoms with Crippen LogP contribution < -0.4 is 10.5 Å². The average molecular weight is 281 g/mol. The third-order valence-corrected chi connectivity index (χ3v) is 3.58. The second kappa shape index (κ2) is 5.58. The van der Waals surface area contributed by atoms with Crippen LogP contribution in [0.5, 0.6) is 5.75 Å². The predicted octanol–water partition coefficient (Wildman–Crippen LogP) is 3.11. The Bertz CT molecular complexity index is 747. The quantitative estimate of drug-likeness (QED) is 0.799. The number of hydrogen-bond donors (Lipinski definition) is 1. The van der Waals surface area contributed by atoms with E-state index in [1.54, 1.807) is 7.11 Å². The molecule has 108 valence electrons. The molecule has 0 bridgehead atoms. The molecule has 0 radical (unpaired) electrons. The Morgan fingerprint density at radius 3 is 2.62 bits per heavy atom.